The van der Waals surface area contributed by atoms with Crippen LogP contribution in [-0.2, 0) is 0 Å². The van der Waals surface area contributed by atoms with E-state index in [4.69, 9.17) is 5.73 Å². The molecule has 3 heteroatoms. The Labute approximate surface area is 82.7 Å². The van der Waals surface area contributed by atoms with Gasteiger partial charge in [-0.3, -0.25) is 4.99 Å². The molecule has 1 fully saturated rings. The van der Waals surface area contributed by atoms with E-state index in [9.17, 15) is 4.39 Å². The molecule has 2 rings (SSSR count). The number of halogens is 1. The number of nitrogens with zero attached hydrogens (tertiary/aromatic N) is 1. The molecule has 0 spiro atoms. The van der Waals surface area contributed by atoms with Gasteiger partial charge in [0.15, 0.2) is 0 Å². The highest BCUT2D eigenvalue weighted by Gasteiger charge is 2.20. The van der Waals surface area contributed by atoms with Crippen molar-refractivity contribution in [2.24, 2.45) is 10.7 Å². The molecule has 0 bridgehead atoms. The summed E-state index contributed by atoms with van der Waals surface area (Å²) in [7, 11) is 0. The van der Waals surface area contributed by atoms with Crippen molar-refractivity contribution in [3.63, 3.8) is 0 Å². The minimum Gasteiger partial charge on any atom is -0.383 e. The molecule has 14 heavy (non-hydrogen) atoms. The Morgan fingerprint density at radius 3 is 2.79 bits per heavy atom. The summed E-state index contributed by atoms with van der Waals surface area (Å²) < 4.78 is 12.8. The first kappa shape index (κ1) is 9.19. The number of hydrogen-bond donors (Lipinski definition) is 1. The van der Waals surface area contributed by atoms with Gasteiger partial charge >= 0.3 is 0 Å². The molecular weight excluding hydrogens is 179 g/mol. The van der Waals surface area contributed by atoms with E-state index >= 15 is 0 Å². The van der Waals surface area contributed by atoms with Crippen LogP contribution < -0.4 is 5.73 Å². The van der Waals surface area contributed by atoms with E-state index in [0.29, 0.717) is 11.9 Å². The molecule has 1 aliphatic rings. The summed E-state index contributed by atoms with van der Waals surface area (Å²) >= 11 is 0. The van der Waals surface area contributed by atoms with Crippen LogP contribution in [0.2, 0.25) is 0 Å². The predicted octanol–water partition coefficient (Wildman–Crippen LogP) is 2.00. The van der Waals surface area contributed by atoms with Crippen molar-refractivity contribution in [3.05, 3.63) is 35.1 Å². The number of nitrogens with two attached hydrogens (primary N) is 1. The molecule has 0 radical (unpaired) electrons. The number of rotatable bonds is 2. The van der Waals surface area contributed by atoms with Crippen molar-refractivity contribution in [1.82, 2.24) is 0 Å². The second-order valence-corrected chi connectivity index (χ2v) is 3.70. The molecule has 0 aromatic heterocycles. The highest BCUT2D eigenvalue weighted by molar-refractivity contribution is 5.98. The smallest absolute Gasteiger partial charge is 0.126 e. The van der Waals surface area contributed by atoms with Gasteiger partial charge in [-0.25, -0.2) is 4.39 Å². The fraction of sp³-hybridized carbons (Fsp3) is 0.364. The zero-order valence-electron chi connectivity index (χ0n) is 8.13. The third kappa shape index (κ3) is 1.92. The van der Waals surface area contributed by atoms with Crippen LogP contribution in [0, 0.1) is 12.7 Å². The van der Waals surface area contributed by atoms with Gasteiger partial charge in [0, 0.05) is 5.56 Å². The van der Waals surface area contributed by atoms with E-state index in [1.165, 1.54) is 12.1 Å². The van der Waals surface area contributed by atoms with Gasteiger partial charge < -0.3 is 5.73 Å². The summed E-state index contributed by atoms with van der Waals surface area (Å²) in [6.45, 7) is 1.84. The summed E-state index contributed by atoms with van der Waals surface area (Å²) in [6, 6.07) is 4.98. The Hall–Kier alpha value is -1.38. The average Bonchev–Trinajstić information content (AvgIpc) is 2.87. The van der Waals surface area contributed by atoms with Crippen LogP contribution in [0.5, 0.6) is 0 Å². The van der Waals surface area contributed by atoms with Crippen LogP contribution >= 0.6 is 0 Å². The summed E-state index contributed by atoms with van der Waals surface area (Å²) in [5.74, 6) is 0.301. The summed E-state index contributed by atoms with van der Waals surface area (Å²) in [5, 5.41) is 0. The quantitative estimate of drug-likeness (QED) is 0.565. The summed E-state index contributed by atoms with van der Waals surface area (Å²) in [4.78, 5) is 4.32. The number of benzene rings is 1. The van der Waals surface area contributed by atoms with Crippen LogP contribution in [0.1, 0.15) is 24.0 Å². The molecule has 2 nitrogen and oxygen atoms in total. The molecule has 0 saturated heterocycles. The zero-order valence-corrected chi connectivity index (χ0v) is 8.13. The van der Waals surface area contributed by atoms with E-state index < -0.39 is 0 Å². The summed E-state index contributed by atoms with van der Waals surface area (Å²) in [6.07, 6.45) is 2.25. The largest absolute Gasteiger partial charge is 0.383 e. The van der Waals surface area contributed by atoms with Crippen molar-refractivity contribution in [3.8, 4) is 0 Å². The lowest BCUT2D eigenvalue weighted by Crippen LogP contribution is -2.15. The first-order chi connectivity index (χ1) is 6.66. The van der Waals surface area contributed by atoms with Crippen LogP contribution in [0.25, 0.3) is 0 Å². The molecule has 1 aromatic rings. The Balaban J connectivity index is 2.30. The Bertz CT molecular complexity index is 381. The summed E-state index contributed by atoms with van der Waals surface area (Å²) in [5.41, 5.74) is 7.50. The van der Waals surface area contributed by atoms with E-state index in [2.05, 4.69) is 4.99 Å². The van der Waals surface area contributed by atoms with Crippen molar-refractivity contribution in [2.45, 2.75) is 25.8 Å². The van der Waals surface area contributed by atoms with Gasteiger partial charge in [0.05, 0.1) is 6.04 Å². The molecule has 1 aromatic carbocycles. The Morgan fingerprint density at radius 2 is 2.21 bits per heavy atom. The maximum absolute atomic E-state index is 12.8. The highest BCUT2D eigenvalue weighted by atomic mass is 19.1. The molecule has 0 aliphatic heterocycles. The van der Waals surface area contributed by atoms with Crippen molar-refractivity contribution in [1.29, 1.82) is 0 Å². The van der Waals surface area contributed by atoms with Crippen molar-refractivity contribution >= 4 is 5.84 Å². The highest BCUT2D eigenvalue weighted by Crippen LogP contribution is 2.24. The zero-order chi connectivity index (χ0) is 10.1. The molecule has 74 valence electrons. The third-order valence-corrected chi connectivity index (χ3v) is 2.33. The Morgan fingerprint density at radius 1 is 1.50 bits per heavy atom. The third-order valence-electron chi connectivity index (χ3n) is 2.33. The normalized spacial score (nSPS) is 17.1. The van der Waals surface area contributed by atoms with E-state index in [1.807, 2.05) is 6.92 Å². The van der Waals surface area contributed by atoms with Crippen LogP contribution in [0.3, 0.4) is 0 Å². The standard InChI is InChI=1S/C11H13FN2/c1-7-6-8(12)2-5-10(7)11(13)14-9-3-4-9/h2,5-6,9H,3-4H2,1H3,(H2,13,14). The lowest BCUT2D eigenvalue weighted by Gasteiger charge is -2.04. The van der Waals surface area contributed by atoms with Crippen LogP contribution in [0.4, 0.5) is 4.39 Å². The van der Waals surface area contributed by atoms with Gasteiger partial charge in [-0.05, 0) is 43.5 Å². The topological polar surface area (TPSA) is 38.4 Å². The molecule has 0 atom stereocenters. The maximum atomic E-state index is 12.8. The van der Waals surface area contributed by atoms with Gasteiger partial charge in [0.1, 0.15) is 11.7 Å². The van der Waals surface area contributed by atoms with E-state index in [0.717, 1.165) is 24.0 Å². The van der Waals surface area contributed by atoms with Gasteiger partial charge in [0.25, 0.3) is 0 Å². The minimum absolute atomic E-state index is 0.231. The number of amidine groups is 1. The van der Waals surface area contributed by atoms with E-state index in [-0.39, 0.29) is 5.82 Å². The van der Waals surface area contributed by atoms with E-state index in [1.54, 1.807) is 6.07 Å². The molecule has 1 saturated carbocycles. The van der Waals surface area contributed by atoms with Gasteiger partial charge in [-0.15, -0.1) is 0 Å². The van der Waals surface area contributed by atoms with Gasteiger partial charge in [-0.1, -0.05) is 0 Å². The predicted molar refractivity (Wildman–Crippen MR) is 54.9 cm³/mol. The monoisotopic (exact) mass is 192 g/mol. The molecule has 0 amide bonds. The molecule has 1 aliphatic carbocycles. The fourth-order valence-electron chi connectivity index (χ4n) is 1.38. The second-order valence-electron chi connectivity index (χ2n) is 3.70. The average molecular weight is 192 g/mol. The Kier molecular flexibility index (Phi) is 2.23. The SMILES string of the molecule is Cc1cc(F)ccc1C(N)=NC1CC1. The minimum atomic E-state index is -0.231. The van der Waals surface area contributed by atoms with Crippen molar-refractivity contribution in [2.75, 3.05) is 0 Å². The molecule has 0 unspecified atom stereocenters. The maximum Gasteiger partial charge on any atom is 0.126 e. The lowest BCUT2D eigenvalue weighted by atomic mass is 10.1. The number of aryl methyl sites for hydroxylation is 1. The van der Waals surface area contributed by atoms with Gasteiger partial charge in [-0.2, -0.15) is 0 Å². The fourth-order valence-corrected chi connectivity index (χ4v) is 1.38. The van der Waals surface area contributed by atoms with Crippen LogP contribution in [0.15, 0.2) is 23.2 Å². The molecular formula is C11H13FN2. The first-order valence-electron chi connectivity index (χ1n) is 4.76. The molecule has 0 heterocycles. The second kappa shape index (κ2) is 3.40. The van der Waals surface area contributed by atoms with Gasteiger partial charge in [0.2, 0.25) is 0 Å². The number of aliphatic imine (C=N–C) groups is 1. The van der Waals surface area contributed by atoms with Crippen LogP contribution in [-0.4, -0.2) is 11.9 Å². The van der Waals surface area contributed by atoms with Crippen molar-refractivity contribution < 1.29 is 4.39 Å². The lowest BCUT2D eigenvalue weighted by molar-refractivity contribution is 0.626. The molecule has 2 N–H and O–H groups in total. The first-order valence-corrected chi connectivity index (χ1v) is 4.76. The number of hydrogen-bond acceptors (Lipinski definition) is 1.